The molecule has 0 amide bonds. The average Bonchev–Trinajstić information content (AvgIpc) is 3.11. The van der Waals surface area contributed by atoms with Gasteiger partial charge in [0.25, 0.3) is 5.95 Å². The molecule has 0 spiro atoms. The zero-order chi connectivity index (χ0) is 13.9. The van der Waals surface area contributed by atoms with E-state index in [9.17, 15) is 0 Å². The van der Waals surface area contributed by atoms with Gasteiger partial charge in [-0.3, -0.25) is 0 Å². The van der Waals surface area contributed by atoms with Crippen molar-refractivity contribution >= 4 is 23.2 Å². The van der Waals surface area contributed by atoms with Gasteiger partial charge in [-0.1, -0.05) is 0 Å². The Balaban J connectivity index is 1.89. The van der Waals surface area contributed by atoms with E-state index >= 15 is 0 Å². The molecule has 0 radical (unpaired) electrons. The van der Waals surface area contributed by atoms with Gasteiger partial charge in [0, 0.05) is 24.8 Å². The van der Waals surface area contributed by atoms with Gasteiger partial charge in [-0.25, -0.2) is 9.67 Å². The molecule has 0 aliphatic heterocycles. The number of thiazole rings is 1. The lowest BCUT2D eigenvalue weighted by Crippen LogP contribution is -2.21. The zero-order valence-electron chi connectivity index (χ0n) is 10.7. The van der Waals surface area contributed by atoms with E-state index in [1.54, 1.807) is 35.3 Å². The van der Waals surface area contributed by atoms with E-state index < -0.39 is 0 Å². The number of hydrogen-bond donors (Lipinski definition) is 1. The summed E-state index contributed by atoms with van der Waals surface area (Å²) in [6.07, 6.45) is 3.40. The third kappa shape index (κ3) is 2.57. The molecule has 0 aliphatic carbocycles. The summed E-state index contributed by atoms with van der Waals surface area (Å²) in [6, 6.07) is 1.79. The first-order valence-electron chi connectivity index (χ1n) is 5.82. The van der Waals surface area contributed by atoms with Gasteiger partial charge < -0.3 is 10.6 Å². The Morgan fingerprint density at radius 2 is 2.25 bits per heavy atom. The fourth-order valence-electron chi connectivity index (χ4n) is 1.66. The molecule has 0 bridgehead atoms. The Labute approximate surface area is 119 Å². The summed E-state index contributed by atoms with van der Waals surface area (Å²) in [5.74, 6) is 1.03. The maximum atomic E-state index is 5.73. The summed E-state index contributed by atoms with van der Waals surface area (Å²) >= 11 is 1.55. The predicted molar refractivity (Wildman–Crippen MR) is 75.6 cm³/mol. The summed E-state index contributed by atoms with van der Waals surface area (Å²) < 4.78 is 1.54. The van der Waals surface area contributed by atoms with Gasteiger partial charge in [0.1, 0.15) is 0 Å². The molecular formula is C11H12N8S. The topological polar surface area (TPSA) is 98.6 Å². The molecule has 20 heavy (non-hydrogen) atoms. The molecule has 3 heterocycles. The monoisotopic (exact) mass is 288 g/mol. The van der Waals surface area contributed by atoms with Crippen molar-refractivity contribution in [1.29, 1.82) is 0 Å². The first-order chi connectivity index (χ1) is 9.72. The molecular weight excluding hydrogens is 276 g/mol. The summed E-state index contributed by atoms with van der Waals surface area (Å²) in [5.41, 5.74) is 8.48. The Hall–Kier alpha value is -2.55. The molecule has 3 rings (SSSR count). The van der Waals surface area contributed by atoms with Gasteiger partial charge in [-0.2, -0.15) is 20.1 Å². The van der Waals surface area contributed by atoms with Crippen molar-refractivity contribution in [2.45, 2.75) is 6.54 Å². The van der Waals surface area contributed by atoms with Crippen LogP contribution >= 0.6 is 11.3 Å². The molecule has 0 saturated carbocycles. The lowest BCUT2D eigenvalue weighted by Gasteiger charge is -2.16. The van der Waals surface area contributed by atoms with Crippen LogP contribution in [0.4, 0.5) is 11.9 Å². The first kappa shape index (κ1) is 12.5. The second-order valence-corrected chi connectivity index (χ2v) is 4.80. The van der Waals surface area contributed by atoms with Crippen LogP contribution in [0.25, 0.3) is 5.95 Å². The summed E-state index contributed by atoms with van der Waals surface area (Å²) in [7, 11) is 1.88. The lowest BCUT2D eigenvalue weighted by molar-refractivity contribution is 0.774. The predicted octanol–water partition coefficient (Wildman–Crippen LogP) is 0.732. The van der Waals surface area contributed by atoms with E-state index in [1.165, 1.54) is 4.68 Å². The number of anilines is 2. The summed E-state index contributed by atoms with van der Waals surface area (Å²) in [4.78, 5) is 18.7. The zero-order valence-corrected chi connectivity index (χ0v) is 11.5. The molecule has 3 aromatic heterocycles. The number of hydrogen-bond acceptors (Lipinski definition) is 8. The van der Waals surface area contributed by atoms with Crippen LogP contribution in [0.2, 0.25) is 0 Å². The molecule has 0 saturated heterocycles. The molecule has 9 heteroatoms. The van der Waals surface area contributed by atoms with Crippen LogP contribution in [0.15, 0.2) is 29.4 Å². The Morgan fingerprint density at radius 3 is 2.95 bits per heavy atom. The minimum atomic E-state index is 0.158. The van der Waals surface area contributed by atoms with Gasteiger partial charge in [0.05, 0.1) is 17.7 Å². The number of nitrogens with zero attached hydrogens (tertiary/aromatic N) is 7. The molecule has 3 aromatic rings. The van der Waals surface area contributed by atoms with Crippen LogP contribution in [0.3, 0.4) is 0 Å². The first-order valence-corrected chi connectivity index (χ1v) is 6.76. The van der Waals surface area contributed by atoms with Crippen LogP contribution in [-0.4, -0.2) is 36.8 Å². The molecule has 0 aromatic carbocycles. The minimum absolute atomic E-state index is 0.158. The molecule has 2 N–H and O–H groups in total. The lowest BCUT2D eigenvalue weighted by atomic mass is 10.4. The van der Waals surface area contributed by atoms with Crippen molar-refractivity contribution in [3.63, 3.8) is 0 Å². The Bertz CT molecular complexity index is 679. The summed E-state index contributed by atoms with van der Waals surface area (Å²) in [6.45, 7) is 0.603. The van der Waals surface area contributed by atoms with Crippen LogP contribution in [-0.2, 0) is 6.54 Å². The standard InChI is InChI=1S/C11H12N8S/c1-18(5-8-6-20-7-13-8)10-15-9(12)16-11(17-10)19-4-2-3-14-19/h2-4,6-7H,5H2,1H3,(H2,12,15,16,17). The molecule has 102 valence electrons. The molecule has 0 atom stereocenters. The fourth-order valence-corrected chi connectivity index (χ4v) is 2.21. The highest BCUT2D eigenvalue weighted by molar-refractivity contribution is 7.07. The third-order valence-corrected chi connectivity index (χ3v) is 3.20. The molecule has 8 nitrogen and oxygen atoms in total. The number of nitrogen functional groups attached to an aromatic ring is 1. The van der Waals surface area contributed by atoms with E-state index in [0.717, 1.165) is 5.69 Å². The quantitative estimate of drug-likeness (QED) is 0.755. The van der Waals surface area contributed by atoms with E-state index in [4.69, 9.17) is 5.73 Å². The van der Waals surface area contributed by atoms with Crippen molar-refractivity contribution in [2.24, 2.45) is 0 Å². The molecule has 0 fully saturated rings. The average molecular weight is 288 g/mol. The fraction of sp³-hybridized carbons (Fsp3) is 0.182. The van der Waals surface area contributed by atoms with Crippen molar-refractivity contribution in [1.82, 2.24) is 29.7 Å². The smallest absolute Gasteiger partial charge is 0.257 e. The van der Waals surface area contributed by atoms with Crippen LogP contribution in [0.5, 0.6) is 0 Å². The van der Waals surface area contributed by atoms with Crippen molar-refractivity contribution in [3.05, 3.63) is 35.0 Å². The minimum Gasteiger partial charge on any atom is -0.368 e. The maximum Gasteiger partial charge on any atom is 0.257 e. The third-order valence-electron chi connectivity index (χ3n) is 2.56. The highest BCUT2D eigenvalue weighted by Gasteiger charge is 2.11. The van der Waals surface area contributed by atoms with Crippen molar-refractivity contribution in [3.8, 4) is 5.95 Å². The number of rotatable bonds is 4. The Morgan fingerprint density at radius 1 is 1.35 bits per heavy atom. The van der Waals surface area contributed by atoms with Gasteiger partial charge in [0.15, 0.2) is 0 Å². The highest BCUT2D eigenvalue weighted by atomic mass is 32.1. The van der Waals surface area contributed by atoms with Crippen LogP contribution in [0.1, 0.15) is 5.69 Å². The van der Waals surface area contributed by atoms with E-state index in [2.05, 4.69) is 25.0 Å². The maximum absolute atomic E-state index is 5.73. The van der Waals surface area contributed by atoms with Gasteiger partial charge in [0.2, 0.25) is 11.9 Å². The van der Waals surface area contributed by atoms with E-state index in [-0.39, 0.29) is 5.95 Å². The largest absolute Gasteiger partial charge is 0.368 e. The van der Waals surface area contributed by atoms with Crippen LogP contribution < -0.4 is 10.6 Å². The second kappa shape index (κ2) is 5.21. The van der Waals surface area contributed by atoms with E-state index in [1.807, 2.05) is 17.3 Å². The normalized spacial score (nSPS) is 10.7. The number of aromatic nitrogens is 6. The molecule has 0 aliphatic rings. The molecule has 0 unspecified atom stereocenters. The van der Waals surface area contributed by atoms with Gasteiger partial charge >= 0.3 is 0 Å². The SMILES string of the molecule is CN(Cc1cscn1)c1nc(N)nc(-n2cccn2)n1. The van der Waals surface area contributed by atoms with Crippen molar-refractivity contribution in [2.75, 3.05) is 17.7 Å². The van der Waals surface area contributed by atoms with Gasteiger partial charge in [-0.05, 0) is 6.07 Å². The highest BCUT2D eigenvalue weighted by Crippen LogP contribution is 2.13. The Kier molecular flexibility index (Phi) is 3.25. The number of nitrogens with two attached hydrogens (primary N) is 1. The van der Waals surface area contributed by atoms with Crippen LogP contribution in [0, 0.1) is 0 Å². The summed E-state index contributed by atoms with van der Waals surface area (Å²) in [5, 5.41) is 6.06. The van der Waals surface area contributed by atoms with E-state index in [0.29, 0.717) is 18.4 Å². The second-order valence-electron chi connectivity index (χ2n) is 4.08. The van der Waals surface area contributed by atoms with Crippen molar-refractivity contribution < 1.29 is 0 Å². The van der Waals surface area contributed by atoms with Gasteiger partial charge in [-0.15, -0.1) is 11.3 Å².